The second kappa shape index (κ2) is 5.10. The summed E-state index contributed by atoms with van der Waals surface area (Å²) in [6.45, 7) is 6.86. The molecule has 2 atom stereocenters. The molecule has 0 spiro atoms. The van der Waals surface area contributed by atoms with Crippen LogP contribution in [0.3, 0.4) is 0 Å². The molecule has 1 aromatic rings. The number of aryl methyl sites for hydroxylation is 1. The van der Waals surface area contributed by atoms with Crippen LogP contribution in [0.25, 0.3) is 0 Å². The van der Waals surface area contributed by atoms with E-state index >= 15 is 0 Å². The maximum absolute atomic E-state index is 9.24. The van der Waals surface area contributed by atoms with Gasteiger partial charge in [-0.2, -0.15) is 5.10 Å². The Morgan fingerprint density at radius 3 is 2.79 bits per heavy atom. The zero-order chi connectivity index (χ0) is 10.6. The van der Waals surface area contributed by atoms with E-state index in [-0.39, 0.29) is 6.10 Å². The fraction of sp³-hybridized carbons (Fsp3) is 0.800. The minimum absolute atomic E-state index is 0.233. The highest BCUT2D eigenvalue weighted by atomic mass is 16.3. The lowest BCUT2D eigenvalue weighted by molar-refractivity contribution is 0.163. The largest absolute Gasteiger partial charge is 0.393 e. The molecular weight excluding hydrogens is 178 g/mol. The van der Waals surface area contributed by atoms with Crippen LogP contribution >= 0.6 is 0 Å². The first-order chi connectivity index (χ1) is 6.63. The molecule has 0 radical (unpaired) electrons. The minimum atomic E-state index is -0.233. The van der Waals surface area contributed by atoms with Crippen molar-refractivity contribution in [1.29, 1.82) is 0 Å². The molecule has 4 nitrogen and oxygen atoms in total. The van der Waals surface area contributed by atoms with Gasteiger partial charge in [-0.15, -0.1) is 0 Å². The lowest BCUT2D eigenvalue weighted by atomic mass is 10.0. The summed E-state index contributed by atoms with van der Waals surface area (Å²) in [6, 6.07) is 0. The van der Waals surface area contributed by atoms with Gasteiger partial charge in [0.25, 0.3) is 0 Å². The second-order valence-corrected chi connectivity index (χ2v) is 3.89. The summed E-state index contributed by atoms with van der Waals surface area (Å²) in [4.78, 5) is 4.20. The molecule has 0 fully saturated rings. The van der Waals surface area contributed by atoms with E-state index in [0.29, 0.717) is 5.92 Å². The SMILES string of the molecule is CCn1ncnc1CC(C)CC(C)O. The Bertz CT molecular complexity index is 270. The van der Waals surface area contributed by atoms with Crippen LogP contribution in [0.4, 0.5) is 0 Å². The van der Waals surface area contributed by atoms with E-state index in [4.69, 9.17) is 0 Å². The first kappa shape index (κ1) is 11.2. The summed E-state index contributed by atoms with van der Waals surface area (Å²) < 4.78 is 1.90. The predicted molar refractivity (Wildman–Crippen MR) is 54.9 cm³/mol. The van der Waals surface area contributed by atoms with Crippen LogP contribution < -0.4 is 0 Å². The topological polar surface area (TPSA) is 50.9 Å². The first-order valence-corrected chi connectivity index (χ1v) is 5.18. The van der Waals surface area contributed by atoms with Crippen molar-refractivity contribution in [2.75, 3.05) is 0 Å². The maximum Gasteiger partial charge on any atom is 0.138 e. The number of nitrogens with zero attached hydrogens (tertiary/aromatic N) is 3. The van der Waals surface area contributed by atoms with Gasteiger partial charge < -0.3 is 5.11 Å². The Hall–Kier alpha value is -0.900. The number of hydrogen-bond donors (Lipinski definition) is 1. The van der Waals surface area contributed by atoms with E-state index in [0.717, 1.165) is 25.2 Å². The number of rotatable bonds is 5. The lowest BCUT2D eigenvalue weighted by Gasteiger charge is -2.12. The third-order valence-corrected chi connectivity index (χ3v) is 2.27. The Kier molecular flexibility index (Phi) is 4.07. The van der Waals surface area contributed by atoms with Gasteiger partial charge in [0.15, 0.2) is 0 Å². The van der Waals surface area contributed by atoms with Gasteiger partial charge in [0.05, 0.1) is 6.10 Å². The fourth-order valence-electron chi connectivity index (χ4n) is 1.69. The second-order valence-electron chi connectivity index (χ2n) is 3.89. The molecule has 14 heavy (non-hydrogen) atoms. The molecule has 4 heteroatoms. The van der Waals surface area contributed by atoms with Crippen LogP contribution in [-0.2, 0) is 13.0 Å². The van der Waals surface area contributed by atoms with Gasteiger partial charge in [0.2, 0.25) is 0 Å². The van der Waals surface area contributed by atoms with E-state index in [9.17, 15) is 5.11 Å². The fourth-order valence-corrected chi connectivity index (χ4v) is 1.69. The van der Waals surface area contributed by atoms with Crippen molar-refractivity contribution in [3.63, 3.8) is 0 Å². The molecule has 0 aliphatic carbocycles. The lowest BCUT2D eigenvalue weighted by Crippen LogP contribution is -2.13. The van der Waals surface area contributed by atoms with Gasteiger partial charge in [0, 0.05) is 13.0 Å². The molecule has 0 aliphatic rings. The van der Waals surface area contributed by atoms with E-state index in [2.05, 4.69) is 23.9 Å². The van der Waals surface area contributed by atoms with Gasteiger partial charge in [-0.05, 0) is 26.2 Å². The van der Waals surface area contributed by atoms with Crippen LogP contribution in [-0.4, -0.2) is 26.0 Å². The maximum atomic E-state index is 9.24. The Morgan fingerprint density at radius 2 is 2.21 bits per heavy atom. The van der Waals surface area contributed by atoms with Gasteiger partial charge in [0.1, 0.15) is 12.2 Å². The van der Waals surface area contributed by atoms with Crippen molar-refractivity contribution in [3.8, 4) is 0 Å². The smallest absolute Gasteiger partial charge is 0.138 e. The van der Waals surface area contributed by atoms with E-state index in [1.807, 2.05) is 11.6 Å². The van der Waals surface area contributed by atoms with Gasteiger partial charge >= 0.3 is 0 Å². The highest BCUT2D eigenvalue weighted by Gasteiger charge is 2.10. The van der Waals surface area contributed by atoms with Crippen molar-refractivity contribution in [2.45, 2.75) is 46.3 Å². The van der Waals surface area contributed by atoms with E-state index < -0.39 is 0 Å². The molecular formula is C10H19N3O. The van der Waals surface area contributed by atoms with Crippen LogP contribution in [0.5, 0.6) is 0 Å². The molecule has 80 valence electrons. The molecule has 0 saturated carbocycles. The molecule has 2 unspecified atom stereocenters. The molecule has 0 amide bonds. The molecule has 1 rings (SSSR count). The number of aromatic nitrogens is 3. The van der Waals surface area contributed by atoms with Crippen molar-refractivity contribution < 1.29 is 5.11 Å². The van der Waals surface area contributed by atoms with Crippen molar-refractivity contribution in [3.05, 3.63) is 12.2 Å². The van der Waals surface area contributed by atoms with Crippen LogP contribution in [0.2, 0.25) is 0 Å². The van der Waals surface area contributed by atoms with Crippen molar-refractivity contribution >= 4 is 0 Å². The molecule has 0 aromatic carbocycles. The molecule has 0 saturated heterocycles. The van der Waals surface area contributed by atoms with E-state index in [1.165, 1.54) is 0 Å². The van der Waals surface area contributed by atoms with Crippen molar-refractivity contribution in [2.24, 2.45) is 5.92 Å². The van der Waals surface area contributed by atoms with Gasteiger partial charge in [-0.3, -0.25) is 4.68 Å². The zero-order valence-corrected chi connectivity index (χ0v) is 9.14. The molecule has 1 N–H and O–H groups in total. The average Bonchev–Trinajstić information content (AvgIpc) is 2.50. The number of hydrogen-bond acceptors (Lipinski definition) is 3. The minimum Gasteiger partial charge on any atom is -0.393 e. The summed E-state index contributed by atoms with van der Waals surface area (Å²) in [6.07, 6.45) is 3.06. The summed E-state index contributed by atoms with van der Waals surface area (Å²) in [5.41, 5.74) is 0. The van der Waals surface area contributed by atoms with Gasteiger partial charge in [-0.1, -0.05) is 6.92 Å². The average molecular weight is 197 g/mol. The summed E-state index contributed by atoms with van der Waals surface area (Å²) >= 11 is 0. The first-order valence-electron chi connectivity index (χ1n) is 5.18. The molecule has 1 heterocycles. The Morgan fingerprint density at radius 1 is 1.50 bits per heavy atom. The third kappa shape index (κ3) is 3.10. The quantitative estimate of drug-likeness (QED) is 0.772. The standard InChI is InChI=1S/C10H19N3O/c1-4-13-10(11-7-12-13)6-8(2)5-9(3)14/h7-9,14H,4-6H2,1-3H3. The normalized spacial score (nSPS) is 15.4. The Labute approximate surface area is 85.0 Å². The summed E-state index contributed by atoms with van der Waals surface area (Å²) in [5, 5.41) is 13.3. The number of aliphatic hydroxyl groups is 1. The zero-order valence-electron chi connectivity index (χ0n) is 9.14. The third-order valence-electron chi connectivity index (χ3n) is 2.27. The highest BCUT2D eigenvalue weighted by Crippen LogP contribution is 2.11. The number of aliphatic hydroxyl groups excluding tert-OH is 1. The van der Waals surface area contributed by atoms with Crippen LogP contribution in [0.1, 0.15) is 33.0 Å². The Balaban J connectivity index is 2.51. The molecule has 1 aromatic heterocycles. The van der Waals surface area contributed by atoms with Crippen molar-refractivity contribution in [1.82, 2.24) is 14.8 Å². The monoisotopic (exact) mass is 197 g/mol. The molecule has 0 bridgehead atoms. The summed E-state index contributed by atoms with van der Waals surface area (Å²) in [5.74, 6) is 1.46. The van der Waals surface area contributed by atoms with Crippen LogP contribution in [0.15, 0.2) is 6.33 Å². The van der Waals surface area contributed by atoms with E-state index in [1.54, 1.807) is 6.33 Å². The molecule has 0 aliphatic heterocycles. The predicted octanol–water partition coefficient (Wildman–Crippen LogP) is 1.25. The summed E-state index contributed by atoms with van der Waals surface area (Å²) in [7, 11) is 0. The van der Waals surface area contributed by atoms with Crippen LogP contribution in [0, 0.1) is 5.92 Å². The highest BCUT2D eigenvalue weighted by molar-refractivity contribution is 4.86. The van der Waals surface area contributed by atoms with Gasteiger partial charge in [-0.25, -0.2) is 4.98 Å².